The molecule has 4 N–H and O–H groups in total. The molecule has 28 heavy (non-hydrogen) atoms. The van der Waals surface area contributed by atoms with Crippen LogP contribution < -0.4 is 16.5 Å². The lowest BCUT2D eigenvalue weighted by Crippen LogP contribution is -2.99. The summed E-state index contributed by atoms with van der Waals surface area (Å²) in [6.45, 7) is 1.79. The van der Waals surface area contributed by atoms with Crippen LogP contribution in [0.3, 0.4) is 0 Å². The summed E-state index contributed by atoms with van der Waals surface area (Å²) in [7, 11) is 0. The van der Waals surface area contributed by atoms with E-state index in [2.05, 4.69) is 4.98 Å². The van der Waals surface area contributed by atoms with Gasteiger partial charge in [-0.1, -0.05) is 0 Å². The van der Waals surface area contributed by atoms with Gasteiger partial charge in [0.25, 0.3) is 5.56 Å². The number of hydrogen-bond donors (Lipinski definition) is 4. The van der Waals surface area contributed by atoms with Crippen LogP contribution in [0.2, 0.25) is 0 Å². The Kier molecular flexibility index (Phi) is 4.89. The highest BCUT2D eigenvalue weighted by molar-refractivity contribution is 5.33. The highest BCUT2D eigenvalue weighted by atomic mass is 16.8. The monoisotopic (exact) mass is 392 g/mol. The Labute approximate surface area is 158 Å². The molecule has 0 radical (unpaired) electrons. The van der Waals surface area contributed by atoms with Gasteiger partial charge in [0.15, 0.2) is 11.9 Å². The molecule has 5 atom stereocenters. The van der Waals surface area contributed by atoms with Crippen molar-refractivity contribution in [3.05, 3.63) is 67.6 Å². The van der Waals surface area contributed by atoms with Gasteiger partial charge in [-0.3, -0.25) is 14.3 Å². The number of aromatic nitrogens is 2. The maximum Gasteiger partial charge on any atom is 0.330 e. The van der Waals surface area contributed by atoms with Crippen molar-refractivity contribution in [1.29, 1.82) is 0 Å². The number of hydroxylamine groups is 2. The number of H-pyrrole nitrogens is 1. The molecule has 150 valence electrons. The lowest BCUT2D eigenvalue weighted by atomic mass is 10.1. The van der Waals surface area contributed by atoms with Gasteiger partial charge in [0.1, 0.15) is 12.3 Å². The summed E-state index contributed by atoms with van der Waals surface area (Å²) in [5.74, 6) is 0. The highest BCUT2D eigenvalue weighted by Crippen LogP contribution is 2.39. The summed E-state index contributed by atoms with van der Waals surface area (Å²) in [6.07, 6.45) is -0.124. The van der Waals surface area contributed by atoms with Crippen molar-refractivity contribution in [2.75, 3.05) is 6.61 Å². The van der Waals surface area contributed by atoms with Crippen molar-refractivity contribution in [1.82, 2.24) is 14.6 Å². The topological polar surface area (TPSA) is 145 Å². The first-order valence-electron chi connectivity index (χ1n) is 8.74. The van der Waals surface area contributed by atoms with E-state index in [0.717, 1.165) is 5.06 Å². The molecule has 5 unspecified atom stereocenters. The predicted octanol–water partition coefficient (Wildman–Crippen LogP) is -0.675. The van der Waals surface area contributed by atoms with Gasteiger partial charge >= 0.3 is 5.69 Å². The zero-order valence-corrected chi connectivity index (χ0v) is 14.9. The lowest BCUT2D eigenvalue weighted by Gasteiger charge is -2.38. The number of aromatic amines is 1. The lowest BCUT2D eigenvalue weighted by molar-refractivity contribution is -0.991. The molecule has 3 heterocycles. The Balaban J connectivity index is 1.54. The molecule has 2 fully saturated rings. The highest BCUT2D eigenvalue weighted by Gasteiger charge is 2.46. The SMILES string of the molecule is Cc1cn(C2CC3C(COC(c4ccc([NH+]([O-])O)cc4)N3O)O2)c(=O)[nH]c1=O. The van der Waals surface area contributed by atoms with Crippen molar-refractivity contribution in [3.8, 4) is 0 Å². The van der Waals surface area contributed by atoms with Gasteiger partial charge in [0, 0.05) is 30.3 Å². The third kappa shape index (κ3) is 3.29. The van der Waals surface area contributed by atoms with Gasteiger partial charge < -0.3 is 19.9 Å². The van der Waals surface area contributed by atoms with Gasteiger partial charge in [-0.2, -0.15) is 10.3 Å². The molecule has 1 aromatic carbocycles. The van der Waals surface area contributed by atoms with Gasteiger partial charge in [0.05, 0.1) is 12.6 Å². The zero-order valence-electron chi connectivity index (χ0n) is 14.9. The molecule has 0 aliphatic carbocycles. The second kappa shape index (κ2) is 7.22. The van der Waals surface area contributed by atoms with E-state index in [-0.39, 0.29) is 12.3 Å². The number of ether oxygens (including phenoxy) is 2. The number of nitrogens with one attached hydrogen (secondary N) is 2. The number of rotatable bonds is 3. The predicted molar refractivity (Wildman–Crippen MR) is 92.9 cm³/mol. The number of benzene rings is 1. The summed E-state index contributed by atoms with van der Waals surface area (Å²) < 4.78 is 12.9. The maximum absolute atomic E-state index is 12.1. The Morgan fingerprint density at radius 3 is 2.68 bits per heavy atom. The fraction of sp³-hybridized carbons (Fsp3) is 0.412. The van der Waals surface area contributed by atoms with Gasteiger partial charge in [0.2, 0.25) is 0 Å². The molecule has 4 rings (SSSR count). The van der Waals surface area contributed by atoms with E-state index in [1.165, 1.54) is 22.9 Å². The Morgan fingerprint density at radius 1 is 1.29 bits per heavy atom. The molecule has 2 aromatic rings. The maximum atomic E-state index is 12.1. The fourth-order valence-electron chi connectivity index (χ4n) is 3.59. The van der Waals surface area contributed by atoms with E-state index in [1.54, 1.807) is 19.1 Å². The van der Waals surface area contributed by atoms with Gasteiger partial charge in [-0.25, -0.2) is 10.0 Å². The summed E-state index contributed by atoms with van der Waals surface area (Å²) in [5, 5.41) is 30.7. The fourth-order valence-corrected chi connectivity index (χ4v) is 3.59. The molecule has 0 saturated carbocycles. The largest absolute Gasteiger partial charge is 0.595 e. The summed E-state index contributed by atoms with van der Waals surface area (Å²) in [6, 6.07) is 5.62. The van der Waals surface area contributed by atoms with Crippen molar-refractivity contribution in [3.63, 3.8) is 0 Å². The van der Waals surface area contributed by atoms with Crippen LogP contribution in [0.5, 0.6) is 0 Å². The minimum Gasteiger partial charge on any atom is -0.595 e. The molecule has 2 aliphatic rings. The van der Waals surface area contributed by atoms with Crippen LogP contribution in [-0.4, -0.2) is 43.8 Å². The Hall–Kier alpha value is -2.38. The van der Waals surface area contributed by atoms with Crippen LogP contribution in [0.25, 0.3) is 0 Å². The number of aryl methyl sites for hydroxylation is 1. The van der Waals surface area contributed by atoms with Crippen LogP contribution in [-0.2, 0) is 9.47 Å². The van der Waals surface area contributed by atoms with E-state index in [9.17, 15) is 20.0 Å². The molecule has 11 heteroatoms. The Bertz CT molecular complexity index is 971. The van der Waals surface area contributed by atoms with E-state index >= 15 is 0 Å². The normalized spacial score (nSPS) is 28.9. The van der Waals surface area contributed by atoms with E-state index in [1.807, 2.05) is 0 Å². The zero-order chi connectivity index (χ0) is 20.0. The molecule has 0 amide bonds. The quantitative estimate of drug-likeness (QED) is 0.503. The first kappa shape index (κ1) is 19.0. The molecule has 11 nitrogen and oxygen atoms in total. The first-order chi connectivity index (χ1) is 13.3. The molecule has 0 bridgehead atoms. The third-order valence-electron chi connectivity index (χ3n) is 5.10. The van der Waals surface area contributed by atoms with Crippen LogP contribution in [0.15, 0.2) is 40.1 Å². The van der Waals surface area contributed by atoms with Crippen LogP contribution in [0.1, 0.15) is 30.0 Å². The molecular weight excluding hydrogens is 372 g/mol. The van der Waals surface area contributed by atoms with E-state index in [0.29, 0.717) is 17.5 Å². The van der Waals surface area contributed by atoms with Crippen molar-refractivity contribution in [2.45, 2.75) is 37.9 Å². The summed E-state index contributed by atoms with van der Waals surface area (Å²) >= 11 is 0. The van der Waals surface area contributed by atoms with Gasteiger partial charge in [-0.05, 0) is 24.6 Å². The third-order valence-corrected chi connectivity index (χ3v) is 5.10. The minimum absolute atomic E-state index is 0.138. The molecule has 1 aromatic heterocycles. The van der Waals surface area contributed by atoms with E-state index in [4.69, 9.17) is 14.7 Å². The number of nitrogens with zero attached hydrogens (tertiary/aromatic N) is 2. The van der Waals surface area contributed by atoms with Crippen molar-refractivity contribution < 1.29 is 25.1 Å². The molecule has 2 saturated heterocycles. The van der Waals surface area contributed by atoms with Gasteiger partial charge in [-0.15, -0.1) is 0 Å². The molecular formula is C17H20N4O7. The molecule has 2 aliphatic heterocycles. The summed E-state index contributed by atoms with van der Waals surface area (Å²) in [4.78, 5) is 25.9. The van der Waals surface area contributed by atoms with Crippen molar-refractivity contribution in [2.24, 2.45) is 0 Å². The average molecular weight is 392 g/mol. The Morgan fingerprint density at radius 2 is 2.00 bits per heavy atom. The standard InChI is InChI=1S/C17H20N4O7/c1-9-7-19(17(23)18-15(9)22)14-6-12-13(28-14)8-27-16(20(12)24)10-2-4-11(5-3-10)21(25)26/h2-5,7,12-14,16,21,24-25H,6,8H2,1H3,(H,18,22,23). The smallest absolute Gasteiger partial charge is 0.330 e. The average Bonchev–Trinajstić information content (AvgIpc) is 3.10. The second-order valence-electron chi connectivity index (χ2n) is 6.90. The first-order valence-corrected chi connectivity index (χ1v) is 8.74. The number of hydrogen-bond acceptors (Lipinski definition) is 8. The van der Waals surface area contributed by atoms with Crippen LogP contribution >= 0.6 is 0 Å². The van der Waals surface area contributed by atoms with E-state index < -0.39 is 41.1 Å². The summed E-state index contributed by atoms with van der Waals surface area (Å²) in [5.41, 5.74) is 0.0937. The van der Waals surface area contributed by atoms with Crippen LogP contribution in [0, 0.1) is 12.1 Å². The van der Waals surface area contributed by atoms with Crippen molar-refractivity contribution >= 4 is 5.69 Å². The molecule has 0 spiro atoms. The number of fused-ring (bicyclic) bond motifs is 1. The second-order valence-corrected chi connectivity index (χ2v) is 6.90. The minimum atomic E-state index is -1.04. The van der Waals surface area contributed by atoms with Crippen LogP contribution in [0.4, 0.5) is 5.69 Å². The number of quaternary nitrogens is 1.